The monoisotopic (exact) mass is 341 g/mol. The number of carbonyl (C=O) groups is 2. The van der Waals surface area contributed by atoms with Gasteiger partial charge in [0.15, 0.2) is 0 Å². The number of nitrogens with one attached hydrogen (secondary N) is 1. The zero-order valence-corrected chi connectivity index (χ0v) is 13.8. The minimum atomic E-state index is -0.728. The van der Waals surface area contributed by atoms with Crippen molar-refractivity contribution in [2.75, 3.05) is 13.7 Å². The fourth-order valence-corrected chi connectivity index (χ4v) is 2.66. The molecular weight excluding hydrogens is 322 g/mol. The lowest BCUT2D eigenvalue weighted by Crippen LogP contribution is -2.41. The van der Waals surface area contributed by atoms with E-state index in [1.165, 1.54) is 0 Å². The van der Waals surface area contributed by atoms with Crippen LogP contribution in [0.2, 0.25) is 0 Å². The van der Waals surface area contributed by atoms with E-state index in [2.05, 4.69) is 5.32 Å². The van der Waals surface area contributed by atoms with Crippen LogP contribution in [-0.2, 0) is 17.9 Å². The normalized spacial score (nSPS) is 12.8. The fourth-order valence-electron chi connectivity index (χ4n) is 2.66. The molecule has 0 saturated carbocycles. The standard InChI is InChI=1S/C18H19N3O4/c1-24-14-7-6-13-11-21(17(22)9-20-18(19)23)10-12-4-2-3-5-15(12)25-16(13)8-14/h2-8H,9-11H2,1H3,(H3,19,20,23). The Balaban J connectivity index is 1.96. The van der Waals surface area contributed by atoms with Crippen LogP contribution >= 0.6 is 0 Å². The quantitative estimate of drug-likeness (QED) is 0.893. The molecule has 25 heavy (non-hydrogen) atoms. The van der Waals surface area contributed by atoms with Crippen LogP contribution < -0.4 is 20.5 Å². The molecule has 7 heteroatoms. The van der Waals surface area contributed by atoms with Gasteiger partial charge in [-0.25, -0.2) is 4.79 Å². The van der Waals surface area contributed by atoms with E-state index in [-0.39, 0.29) is 12.5 Å². The first kappa shape index (κ1) is 16.6. The minimum absolute atomic E-state index is 0.149. The summed E-state index contributed by atoms with van der Waals surface area (Å²) in [6.45, 7) is 0.581. The molecule has 3 rings (SSSR count). The van der Waals surface area contributed by atoms with Gasteiger partial charge in [0.25, 0.3) is 0 Å². The number of rotatable bonds is 3. The molecule has 2 aromatic rings. The van der Waals surface area contributed by atoms with Crippen molar-refractivity contribution < 1.29 is 19.1 Å². The maximum absolute atomic E-state index is 12.5. The third-order valence-corrected chi connectivity index (χ3v) is 3.96. The second-order valence-electron chi connectivity index (χ2n) is 5.65. The van der Waals surface area contributed by atoms with E-state index >= 15 is 0 Å². The summed E-state index contributed by atoms with van der Waals surface area (Å²) in [6.07, 6.45) is 0. The van der Waals surface area contributed by atoms with Gasteiger partial charge in [0.05, 0.1) is 13.7 Å². The third-order valence-electron chi connectivity index (χ3n) is 3.96. The number of benzene rings is 2. The van der Waals surface area contributed by atoms with Crippen LogP contribution in [0.15, 0.2) is 42.5 Å². The molecule has 0 spiro atoms. The summed E-state index contributed by atoms with van der Waals surface area (Å²) in [4.78, 5) is 25.0. The van der Waals surface area contributed by atoms with Gasteiger partial charge in [-0.2, -0.15) is 0 Å². The van der Waals surface area contributed by atoms with Crippen molar-refractivity contribution in [3.05, 3.63) is 53.6 Å². The lowest BCUT2D eigenvalue weighted by molar-refractivity contribution is -0.131. The van der Waals surface area contributed by atoms with Crippen LogP contribution in [-0.4, -0.2) is 30.5 Å². The van der Waals surface area contributed by atoms with Crippen molar-refractivity contribution >= 4 is 11.9 Å². The number of hydrogen-bond acceptors (Lipinski definition) is 4. The third kappa shape index (κ3) is 3.82. The zero-order valence-electron chi connectivity index (χ0n) is 13.8. The highest BCUT2D eigenvalue weighted by Gasteiger charge is 2.22. The number of nitrogens with two attached hydrogens (primary N) is 1. The number of amides is 3. The Bertz CT molecular complexity index is 807. The number of para-hydroxylation sites is 1. The highest BCUT2D eigenvalue weighted by atomic mass is 16.5. The van der Waals surface area contributed by atoms with Crippen molar-refractivity contribution in [1.82, 2.24) is 10.2 Å². The topological polar surface area (TPSA) is 93.9 Å². The van der Waals surface area contributed by atoms with Gasteiger partial charge in [0, 0.05) is 30.3 Å². The van der Waals surface area contributed by atoms with Crippen LogP contribution in [0.3, 0.4) is 0 Å². The first-order chi connectivity index (χ1) is 12.1. The largest absolute Gasteiger partial charge is 0.497 e. The van der Waals surface area contributed by atoms with E-state index in [1.807, 2.05) is 36.4 Å². The number of urea groups is 1. The molecule has 1 aliphatic heterocycles. The Morgan fingerprint density at radius 2 is 1.88 bits per heavy atom. The van der Waals surface area contributed by atoms with E-state index in [0.29, 0.717) is 30.3 Å². The van der Waals surface area contributed by atoms with E-state index in [4.69, 9.17) is 15.2 Å². The van der Waals surface area contributed by atoms with Crippen molar-refractivity contribution in [3.8, 4) is 17.2 Å². The van der Waals surface area contributed by atoms with Crippen LogP contribution in [0.4, 0.5) is 4.79 Å². The van der Waals surface area contributed by atoms with Crippen LogP contribution in [0.25, 0.3) is 0 Å². The molecule has 1 heterocycles. The molecule has 0 aliphatic carbocycles. The maximum atomic E-state index is 12.5. The second-order valence-corrected chi connectivity index (χ2v) is 5.65. The molecule has 0 saturated heterocycles. The zero-order chi connectivity index (χ0) is 17.8. The van der Waals surface area contributed by atoms with Gasteiger partial charge in [-0.1, -0.05) is 18.2 Å². The van der Waals surface area contributed by atoms with Crippen LogP contribution in [0.1, 0.15) is 11.1 Å². The molecule has 7 nitrogen and oxygen atoms in total. The van der Waals surface area contributed by atoms with Crippen LogP contribution in [0, 0.1) is 0 Å². The van der Waals surface area contributed by atoms with E-state index < -0.39 is 6.03 Å². The smallest absolute Gasteiger partial charge is 0.312 e. The van der Waals surface area contributed by atoms with E-state index in [1.54, 1.807) is 18.1 Å². The highest BCUT2D eigenvalue weighted by molar-refractivity contribution is 5.83. The average molecular weight is 341 g/mol. The Morgan fingerprint density at radius 3 is 2.60 bits per heavy atom. The molecule has 2 aromatic carbocycles. The number of hydrogen-bond donors (Lipinski definition) is 2. The SMILES string of the molecule is COc1ccc2c(c1)Oc1ccccc1CN(C(=O)CNC(N)=O)C2. The summed E-state index contributed by atoms with van der Waals surface area (Å²) in [7, 11) is 1.59. The number of fused-ring (bicyclic) bond motifs is 2. The second kappa shape index (κ2) is 7.12. The molecule has 0 radical (unpaired) electrons. The van der Waals surface area contributed by atoms with Gasteiger partial charge in [0.1, 0.15) is 17.2 Å². The molecule has 0 fully saturated rings. The summed E-state index contributed by atoms with van der Waals surface area (Å²) in [5, 5.41) is 2.34. The average Bonchev–Trinajstić information content (AvgIpc) is 2.59. The van der Waals surface area contributed by atoms with Gasteiger partial charge >= 0.3 is 6.03 Å². The Morgan fingerprint density at radius 1 is 1.16 bits per heavy atom. The Labute approximate surface area is 145 Å². The maximum Gasteiger partial charge on any atom is 0.312 e. The van der Waals surface area contributed by atoms with Gasteiger partial charge in [-0.05, 0) is 18.2 Å². The predicted molar refractivity (Wildman–Crippen MR) is 91.4 cm³/mol. The van der Waals surface area contributed by atoms with Crippen molar-refractivity contribution in [1.29, 1.82) is 0 Å². The molecular formula is C18H19N3O4. The predicted octanol–water partition coefficient (Wildman–Crippen LogP) is 2.00. The number of carbonyl (C=O) groups excluding carboxylic acids is 2. The number of methoxy groups -OCH3 is 1. The molecule has 0 unspecified atom stereocenters. The van der Waals surface area contributed by atoms with E-state index in [0.717, 1.165) is 11.1 Å². The molecule has 130 valence electrons. The Hall–Kier alpha value is -3.22. The van der Waals surface area contributed by atoms with Gasteiger partial charge in [-0.15, -0.1) is 0 Å². The lowest BCUT2D eigenvalue weighted by Gasteiger charge is -2.28. The molecule has 0 atom stereocenters. The fraction of sp³-hybridized carbons (Fsp3) is 0.222. The lowest BCUT2D eigenvalue weighted by atomic mass is 10.1. The number of nitrogens with zero attached hydrogens (tertiary/aromatic N) is 1. The van der Waals surface area contributed by atoms with Crippen molar-refractivity contribution in [2.24, 2.45) is 5.73 Å². The first-order valence-corrected chi connectivity index (χ1v) is 7.80. The first-order valence-electron chi connectivity index (χ1n) is 7.80. The highest BCUT2D eigenvalue weighted by Crippen LogP contribution is 2.35. The molecule has 3 amide bonds. The molecule has 1 aliphatic rings. The minimum Gasteiger partial charge on any atom is -0.497 e. The molecule has 3 N–H and O–H groups in total. The number of primary amides is 1. The molecule has 0 aromatic heterocycles. The van der Waals surface area contributed by atoms with Gasteiger partial charge < -0.3 is 25.4 Å². The summed E-state index contributed by atoms with van der Waals surface area (Å²) >= 11 is 0. The van der Waals surface area contributed by atoms with Gasteiger partial charge in [0.2, 0.25) is 5.91 Å². The number of ether oxygens (including phenoxy) is 2. The summed E-state index contributed by atoms with van der Waals surface area (Å²) in [6, 6.07) is 12.3. The van der Waals surface area contributed by atoms with Crippen molar-refractivity contribution in [2.45, 2.75) is 13.1 Å². The summed E-state index contributed by atoms with van der Waals surface area (Å²) in [5.41, 5.74) is 6.78. The van der Waals surface area contributed by atoms with Crippen LogP contribution in [0.5, 0.6) is 17.2 Å². The Kier molecular flexibility index (Phi) is 4.74. The molecule has 0 bridgehead atoms. The van der Waals surface area contributed by atoms with Gasteiger partial charge in [-0.3, -0.25) is 4.79 Å². The summed E-state index contributed by atoms with van der Waals surface area (Å²) < 4.78 is 11.3. The summed E-state index contributed by atoms with van der Waals surface area (Å²) in [5.74, 6) is 1.76. The van der Waals surface area contributed by atoms with Crippen molar-refractivity contribution in [3.63, 3.8) is 0 Å². The van der Waals surface area contributed by atoms with E-state index in [9.17, 15) is 9.59 Å².